The van der Waals surface area contributed by atoms with Crippen LogP contribution in [0.1, 0.15) is 17.2 Å². The average molecular weight is 470 g/mol. The molecule has 1 atom stereocenters. The Morgan fingerprint density at radius 1 is 0.969 bits per heavy atom. The summed E-state index contributed by atoms with van der Waals surface area (Å²) in [6.45, 7) is 0.130. The molecule has 0 bridgehead atoms. The van der Waals surface area contributed by atoms with Gasteiger partial charge < -0.3 is 5.73 Å². The van der Waals surface area contributed by atoms with Crippen LogP contribution in [0.3, 0.4) is 0 Å². The molecule has 0 radical (unpaired) electrons. The third kappa shape index (κ3) is 5.26. The zero-order valence-electron chi connectivity index (χ0n) is 16.7. The van der Waals surface area contributed by atoms with Gasteiger partial charge in [-0.05, 0) is 23.8 Å². The van der Waals surface area contributed by atoms with Crippen molar-refractivity contribution in [1.82, 2.24) is 14.5 Å². The summed E-state index contributed by atoms with van der Waals surface area (Å²) < 4.78 is 65.8. The van der Waals surface area contributed by atoms with E-state index in [-0.39, 0.29) is 26.2 Å². The van der Waals surface area contributed by atoms with E-state index >= 15 is 0 Å². The molecule has 1 fully saturated rings. The van der Waals surface area contributed by atoms with Crippen LogP contribution in [0.2, 0.25) is 0 Å². The summed E-state index contributed by atoms with van der Waals surface area (Å²) in [5.41, 5.74) is 4.60. The number of alkyl halides is 3. The van der Waals surface area contributed by atoms with Crippen LogP contribution in [0.5, 0.6) is 0 Å². The number of urea groups is 1. The van der Waals surface area contributed by atoms with E-state index in [0.717, 1.165) is 22.5 Å². The summed E-state index contributed by atoms with van der Waals surface area (Å²) in [5, 5.41) is 2.05. The second-order valence-electron chi connectivity index (χ2n) is 7.13. The monoisotopic (exact) mass is 470 g/mol. The van der Waals surface area contributed by atoms with Gasteiger partial charge in [0.1, 0.15) is 6.04 Å². The molecule has 3 N–H and O–H groups in total. The molecule has 1 heterocycles. The highest BCUT2D eigenvalue weighted by Crippen LogP contribution is 2.31. The van der Waals surface area contributed by atoms with Gasteiger partial charge in [0.05, 0.1) is 10.5 Å². The maximum Gasteiger partial charge on any atom is 0.416 e. The van der Waals surface area contributed by atoms with Gasteiger partial charge in [-0.3, -0.25) is 15.0 Å². The van der Waals surface area contributed by atoms with Gasteiger partial charge in [0.2, 0.25) is 15.9 Å². The number of amides is 3. The average Bonchev–Trinajstić information content (AvgIpc) is 2.74. The van der Waals surface area contributed by atoms with Crippen LogP contribution in [0, 0.1) is 0 Å². The molecule has 3 amide bonds. The Bertz CT molecular complexity index is 1090. The van der Waals surface area contributed by atoms with Crippen molar-refractivity contribution < 1.29 is 31.2 Å². The van der Waals surface area contributed by atoms with Crippen molar-refractivity contribution in [3.63, 3.8) is 0 Å². The Labute approximate surface area is 182 Å². The normalized spacial score (nSPS) is 17.0. The molecule has 1 saturated heterocycles. The van der Waals surface area contributed by atoms with Crippen LogP contribution in [0.25, 0.3) is 0 Å². The lowest BCUT2D eigenvalue weighted by molar-refractivity contribution is -0.137. The van der Waals surface area contributed by atoms with Gasteiger partial charge >= 0.3 is 12.2 Å². The second-order valence-corrected chi connectivity index (χ2v) is 9.07. The van der Waals surface area contributed by atoms with E-state index in [4.69, 9.17) is 5.73 Å². The third-order valence-electron chi connectivity index (χ3n) is 5.05. The Balaban J connectivity index is 1.79. The minimum absolute atomic E-state index is 0.0498. The molecule has 0 saturated carbocycles. The van der Waals surface area contributed by atoms with E-state index in [1.54, 1.807) is 35.2 Å². The highest BCUT2D eigenvalue weighted by Gasteiger charge is 2.36. The summed E-state index contributed by atoms with van der Waals surface area (Å²) in [5.74, 6) is -0.655. The number of piperazine rings is 1. The number of nitrogens with zero attached hydrogens (tertiary/aromatic N) is 2. The molecule has 32 heavy (non-hydrogen) atoms. The predicted molar refractivity (Wildman–Crippen MR) is 109 cm³/mol. The number of rotatable bonds is 5. The first-order valence-electron chi connectivity index (χ1n) is 9.57. The van der Waals surface area contributed by atoms with Gasteiger partial charge in [0.15, 0.2) is 0 Å². The topological polar surface area (TPSA) is 113 Å². The quantitative estimate of drug-likeness (QED) is 0.694. The van der Waals surface area contributed by atoms with Gasteiger partial charge in [0.25, 0.3) is 0 Å². The van der Waals surface area contributed by atoms with E-state index in [2.05, 4.69) is 0 Å². The minimum Gasteiger partial charge on any atom is -0.351 e. The number of hydrogen-bond donors (Lipinski definition) is 2. The highest BCUT2D eigenvalue weighted by molar-refractivity contribution is 7.89. The molecule has 1 unspecified atom stereocenters. The number of imide groups is 1. The third-order valence-corrected chi connectivity index (χ3v) is 6.94. The fourth-order valence-corrected chi connectivity index (χ4v) is 5.01. The molecule has 0 aliphatic carbocycles. The molecule has 1 aliphatic rings. The highest BCUT2D eigenvalue weighted by atomic mass is 32.2. The first-order chi connectivity index (χ1) is 15.0. The first kappa shape index (κ1) is 23.7. The summed E-state index contributed by atoms with van der Waals surface area (Å²) in [4.78, 5) is 25.0. The predicted octanol–water partition coefficient (Wildman–Crippen LogP) is 1.95. The Morgan fingerprint density at radius 2 is 1.59 bits per heavy atom. The maximum absolute atomic E-state index is 13.0. The first-order valence-corrected chi connectivity index (χ1v) is 11.0. The smallest absolute Gasteiger partial charge is 0.351 e. The lowest BCUT2D eigenvalue weighted by Gasteiger charge is -2.38. The molecule has 172 valence electrons. The molecule has 8 nitrogen and oxygen atoms in total. The summed E-state index contributed by atoms with van der Waals surface area (Å²) in [6.07, 6.45) is -4.67. The lowest BCUT2D eigenvalue weighted by Crippen LogP contribution is -2.53. The molecule has 1 aliphatic heterocycles. The number of carbonyl (C=O) groups is 2. The van der Waals surface area contributed by atoms with Crippen LogP contribution in [0.4, 0.5) is 18.0 Å². The van der Waals surface area contributed by atoms with E-state index in [9.17, 15) is 31.2 Å². The van der Waals surface area contributed by atoms with Crippen molar-refractivity contribution in [1.29, 1.82) is 0 Å². The number of nitrogens with two attached hydrogens (primary N) is 1. The molecule has 0 spiro atoms. The molecule has 3 rings (SSSR count). The van der Waals surface area contributed by atoms with Crippen molar-refractivity contribution in [2.75, 3.05) is 26.2 Å². The van der Waals surface area contributed by atoms with Crippen LogP contribution in [-0.2, 0) is 21.0 Å². The van der Waals surface area contributed by atoms with Gasteiger partial charge in [-0.2, -0.15) is 17.5 Å². The lowest BCUT2D eigenvalue weighted by atomic mass is 10.0. The number of nitrogens with one attached hydrogen (secondary N) is 1. The van der Waals surface area contributed by atoms with E-state index in [0.29, 0.717) is 11.6 Å². The van der Waals surface area contributed by atoms with E-state index < -0.39 is 44.6 Å². The zero-order valence-corrected chi connectivity index (χ0v) is 17.6. The van der Waals surface area contributed by atoms with Crippen molar-refractivity contribution in [2.24, 2.45) is 5.73 Å². The van der Waals surface area contributed by atoms with Gasteiger partial charge in [0, 0.05) is 26.2 Å². The van der Waals surface area contributed by atoms with Crippen LogP contribution in [0.15, 0.2) is 59.5 Å². The molecule has 2 aromatic carbocycles. The number of hydrogen-bond acceptors (Lipinski definition) is 5. The van der Waals surface area contributed by atoms with Crippen molar-refractivity contribution in [3.8, 4) is 0 Å². The maximum atomic E-state index is 13.0. The Morgan fingerprint density at radius 3 is 2.16 bits per heavy atom. The van der Waals surface area contributed by atoms with Crippen molar-refractivity contribution in [2.45, 2.75) is 17.1 Å². The van der Waals surface area contributed by atoms with Crippen LogP contribution >= 0.6 is 0 Å². The molecular formula is C20H21F3N4O4S. The second kappa shape index (κ2) is 9.27. The molecular weight excluding hydrogens is 449 g/mol. The fourth-order valence-electron chi connectivity index (χ4n) is 3.54. The van der Waals surface area contributed by atoms with Gasteiger partial charge in [-0.15, -0.1) is 0 Å². The summed E-state index contributed by atoms with van der Waals surface area (Å²) >= 11 is 0. The van der Waals surface area contributed by atoms with Gasteiger partial charge in [-0.1, -0.05) is 36.4 Å². The van der Waals surface area contributed by atoms with Crippen molar-refractivity contribution in [3.05, 3.63) is 65.7 Å². The fraction of sp³-hybridized carbons (Fsp3) is 0.300. The van der Waals surface area contributed by atoms with E-state index in [1.807, 2.05) is 5.32 Å². The Kier molecular flexibility index (Phi) is 6.86. The number of carbonyl (C=O) groups excluding carboxylic acids is 2. The number of sulfonamides is 1. The molecule has 12 heteroatoms. The zero-order chi connectivity index (χ0) is 23.5. The van der Waals surface area contributed by atoms with E-state index in [1.165, 1.54) is 0 Å². The summed E-state index contributed by atoms with van der Waals surface area (Å²) in [7, 11) is -4.17. The number of benzene rings is 2. The molecule has 0 aromatic heterocycles. The summed E-state index contributed by atoms with van der Waals surface area (Å²) in [6, 6.07) is 10.2. The number of halogens is 3. The van der Waals surface area contributed by atoms with Crippen molar-refractivity contribution >= 4 is 22.0 Å². The number of primary amides is 1. The molecule has 2 aromatic rings. The van der Waals surface area contributed by atoms with Crippen LogP contribution < -0.4 is 11.1 Å². The SMILES string of the molecule is NC(=O)NC(=O)C(c1ccccc1)N1CCN(S(=O)(=O)c2cccc(C(F)(F)F)c2)CC1. The minimum atomic E-state index is -4.67. The van der Waals surface area contributed by atoms with Crippen LogP contribution in [-0.4, -0.2) is 55.7 Å². The standard InChI is InChI=1S/C20H21F3N4O4S/c21-20(22,23)15-7-4-8-16(13-15)32(30,31)27-11-9-26(10-12-27)17(18(28)25-19(24)29)14-5-2-1-3-6-14/h1-8,13,17H,9-12H2,(H3,24,25,28,29). The van der Waals surface area contributed by atoms with Gasteiger partial charge in [-0.25, -0.2) is 13.2 Å². The largest absolute Gasteiger partial charge is 0.416 e. The Hall–Kier alpha value is -2.96.